The molecule has 104 valence electrons. The van der Waals surface area contributed by atoms with Crippen LogP contribution < -0.4 is 16.4 Å². The number of anilines is 2. The Morgan fingerprint density at radius 2 is 2.00 bits per heavy atom. The first kappa shape index (κ1) is 15.1. The molecule has 0 bridgehead atoms. The van der Waals surface area contributed by atoms with Crippen LogP contribution >= 0.6 is 0 Å². The first-order valence-electron chi connectivity index (χ1n) is 5.96. The molecule has 0 fully saturated rings. The summed E-state index contributed by atoms with van der Waals surface area (Å²) >= 11 is 0. The molecule has 19 heavy (non-hydrogen) atoms. The Bertz CT molecular complexity index is 460. The van der Waals surface area contributed by atoms with Crippen molar-refractivity contribution in [3.8, 4) is 0 Å². The highest BCUT2D eigenvalue weighted by molar-refractivity contribution is 5.95. The van der Waals surface area contributed by atoms with Crippen molar-refractivity contribution >= 4 is 23.2 Å². The first-order chi connectivity index (χ1) is 9.06. The molecule has 0 saturated carbocycles. The number of carbonyl (C=O) groups excluding carboxylic acids is 2. The Balaban J connectivity index is 2.76. The van der Waals surface area contributed by atoms with E-state index in [4.69, 9.17) is 10.5 Å². The summed E-state index contributed by atoms with van der Waals surface area (Å²) in [7, 11) is 1.45. The van der Waals surface area contributed by atoms with Crippen LogP contribution in [-0.4, -0.2) is 32.1 Å². The first-order valence-corrected chi connectivity index (χ1v) is 5.96. The molecule has 6 heteroatoms. The number of methoxy groups -OCH3 is 1. The smallest absolute Gasteiger partial charge is 0.250 e. The Kier molecular flexibility index (Phi) is 5.98. The van der Waals surface area contributed by atoms with Crippen LogP contribution in [0.25, 0.3) is 0 Å². The zero-order valence-electron chi connectivity index (χ0n) is 11.2. The van der Waals surface area contributed by atoms with Crippen LogP contribution in [0, 0.1) is 6.92 Å². The van der Waals surface area contributed by atoms with Gasteiger partial charge in [-0.1, -0.05) is 6.07 Å². The summed E-state index contributed by atoms with van der Waals surface area (Å²) in [5, 5.41) is 5.43. The van der Waals surface area contributed by atoms with Crippen LogP contribution in [0.1, 0.15) is 12.0 Å². The van der Waals surface area contributed by atoms with Crippen molar-refractivity contribution in [2.45, 2.75) is 13.3 Å². The number of amides is 2. The van der Waals surface area contributed by atoms with Crippen molar-refractivity contribution in [3.63, 3.8) is 0 Å². The fourth-order valence-corrected chi connectivity index (χ4v) is 1.51. The number of hydrogen-bond donors (Lipinski definition) is 3. The molecule has 0 unspecified atom stereocenters. The number of nitrogens with one attached hydrogen (secondary N) is 2. The molecule has 0 aliphatic carbocycles. The fourth-order valence-electron chi connectivity index (χ4n) is 1.51. The van der Waals surface area contributed by atoms with Gasteiger partial charge >= 0.3 is 0 Å². The molecule has 4 N–H and O–H groups in total. The summed E-state index contributed by atoms with van der Waals surface area (Å²) in [6.45, 7) is 2.16. The largest absolute Gasteiger partial charge is 0.375 e. The van der Waals surface area contributed by atoms with Crippen molar-refractivity contribution < 1.29 is 14.3 Å². The average Bonchev–Trinajstić information content (AvgIpc) is 2.34. The van der Waals surface area contributed by atoms with Crippen molar-refractivity contribution in [1.29, 1.82) is 0 Å². The molecule has 0 heterocycles. The zero-order valence-corrected chi connectivity index (χ0v) is 11.2. The van der Waals surface area contributed by atoms with Gasteiger partial charge in [-0.3, -0.25) is 9.59 Å². The van der Waals surface area contributed by atoms with E-state index in [2.05, 4.69) is 10.6 Å². The highest BCUT2D eigenvalue weighted by atomic mass is 16.5. The van der Waals surface area contributed by atoms with Gasteiger partial charge in [0, 0.05) is 31.5 Å². The Hall–Kier alpha value is -1.92. The van der Waals surface area contributed by atoms with Crippen LogP contribution in [0.2, 0.25) is 0 Å². The Morgan fingerprint density at radius 1 is 1.26 bits per heavy atom. The molecule has 0 aliphatic heterocycles. The van der Waals surface area contributed by atoms with Crippen LogP contribution in [0.4, 0.5) is 11.4 Å². The summed E-state index contributed by atoms with van der Waals surface area (Å²) < 4.78 is 4.75. The van der Waals surface area contributed by atoms with E-state index in [0.29, 0.717) is 17.9 Å². The number of aryl methyl sites for hydroxylation is 1. The topological polar surface area (TPSA) is 93.5 Å². The van der Waals surface area contributed by atoms with Crippen molar-refractivity contribution in [3.05, 3.63) is 23.8 Å². The standard InChI is InChI=1S/C13H19N3O3/c1-9-3-4-10(15-12(17)5-6-14)7-11(9)16-13(18)8-19-2/h3-4,7H,5-6,8,14H2,1-2H3,(H,15,17)(H,16,18). The molecule has 1 rings (SSSR count). The Labute approximate surface area is 112 Å². The van der Waals surface area contributed by atoms with Gasteiger partial charge in [-0.25, -0.2) is 0 Å². The molecule has 2 amide bonds. The van der Waals surface area contributed by atoms with Gasteiger partial charge in [0.05, 0.1) is 0 Å². The predicted octanol–water partition coefficient (Wildman–Crippen LogP) is 0.867. The minimum atomic E-state index is -0.240. The van der Waals surface area contributed by atoms with E-state index in [9.17, 15) is 9.59 Å². The summed E-state index contributed by atoms with van der Waals surface area (Å²) in [5.41, 5.74) is 7.48. The van der Waals surface area contributed by atoms with Crippen LogP contribution in [0.15, 0.2) is 18.2 Å². The number of ether oxygens (including phenoxy) is 1. The van der Waals surface area contributed by atoms with Crippen LogP contribution in [0.3, 0.4) is 0 Å². The van der Waals surface area contributed by atoms with E-state index < -0.39 is 0 Å². The van der Waals surface area contributed by atoms with E-state index in [0.717, 1.165) is 5.56 Å². The predicted molar refractivity (Wildman–Crippen MR) is 74.0 cm³/mol. The number of benzene rings is 1. The molecule has 0 saturated heterocycles. The van der Waals surface area contributed by atoms with E-state index in [1.165, 1.54) is 7.11 Å². The van der Waals surface area contributed by atoms with Gasteiger partial charge in [0.15, 0.2) is 0 Å². The third kappa shape index (κ3) is 5.07. The average molecular weight is 265 g/mol. The maximum atomic E-state index is 11.5. The lowest BCUT2D eigenvalue weighted by Crippen LogP contribution is -2.19. The third-order valence-electron chi connectivity index (χ3n) is 2.44. The summed E-state index contributed by atoms with van der Waals surface area (Å²) in [4.78, 5) is 22.9. The molecule has 0 atom stereocenters. The third-order valence-corrected chi connectivity index (χ3v) is 2.44. The highest BCUT2D eigenvalue weighted by Gasteiger charge is 2.07. The molecule has 0 spiro atoms. The molecule has 0 aliphatic rings. The minimum absolute atomic E-state index is 0.0107. The highest BCUT2D eigenvalue weighted by Crippen LogP contribution is 2.20. The lowest BCUT2D eigenvalue weighted by atomic mass is 10.1. The fraction of sp³-hybridized carbons (Fsp3) is 0.385. The number of carbonyl (C=O) groups is 2. The van der Waals surface area contributed by atoms with Gasteiger partial charge in [0.1, 0.15) is 6.61 Å². The minimum Gasteiger partial charge on any atom is -0.375 e. The van der Waals surface area contributed by atoms with Gasteiger partial charge in [-0.15, -0.1) is 0 Å². The molecule has 0 radical (unpaired) electrons. The maximum Gasteiger partial charge on any atom is 0.250 e. The van der Waals surface area contributed by atoms with Crippen molar-refractivity contribution in [2.75, 3.05) is 30.9 Å². The number of rotatable bonds is 6. The SMILES string of the molecule is COCC(=O)Nc1cc(NC(=O)CCN)ccc1C. The second kappa shape index (κ2) is 7.50. The van der Waals surface area contributed by atoms with E-state index in [-0.39, 0.29) is 24.8 Å². The molecular weight excluding hydrogens is 246 g/mol. The van der Waals surface area contributed by atoms with Gasteiger partial charge in [-0.05, 0) is 24.6 Å². The van der Waals surface area contributed by atoms with E-state index in [1.807, 2.05) is 13.0 Å². The summed E-state index contributed by atoms with van der Waals surface area (Å²) in [5.74, 6) is -0.392. The molecule has 0 aromatic heterocycles. The lowest BCUT2D eigenvalue weighted by Gasteiger charge is -2.11. The maximum absolute atomic E-state index is 11.5. The van der Waals surface area contributed by atoms with Crippen LogP contribution in [-0.2, 0) is 14.3 Å². The van der Waals surface area contributed by atoms with Gasteiger partial charge in [-0.2, -0.15) is 0 Å². The monoisotopic (exact) mass is 265 g/mol. The van der Waals surface area contributed by atoms with Crippen LogP contribution in [0.5, 0.6) is 0 Å². The van der Waals surface area contributed by atoms with Crippen molar-refractivity contribution in [2.24, 2.45) is 5.73 Å². The summed E-state index contributed by atoms with van der Waals surface area (Å²) in [6, 6.07) is 5.30. The lowest BCUT2D eigenvalue weighted by molar-refractivity contribution is -0.119. The Morgan fingerprint density at radius 3 is 2.63 bits per heavy atom. The molecule has 1 aromatic carbocycles. The molecule has 6 nitrogen and oxygen atoms in total. The van der Waals surface area contributed by atoms with E-state index in [1.54, 1.807) is 12.1 Å². The van der Waals surface area contributed by atoms with Gasteiger partial charge < -0.3 is 21.1 Å². The number of nitrogens with two attached hydrogens (primary N) is 1. The number of hydrogen-bond acceptors (Lipinski definition) is 4. The molecule has 1 aromatic rings. The quantitative estimate of drug-likeness (QED) is 0.711. The normalized spacial score (nSPS) is 10.1. The molecular formula is C13H19N3O3. The summed E-state index contributed by atoms with van der Waals surface area (Å²) in [6.07, 6.45) is 0.263. The zero-order chi connectivity index (χ0) is 14.3. The van der Waals surface area contributed by atoms with E-state index >= 15 is 0 Å². The second-order valence-electron chi connectivity index (χ2n) is 4.10. The second-order valence-corrected chi connectivity index (χ2v) is 4.10. The van der Waals surface area contributed by atoms with Gasteiger partial charge in [0.25, 0.3) is 0 Å². The van der Waals surface area contributed by atoms with Crippen molar-refractivity contribution in [1.82, 2.24) is 0 Å². The van der Waals surface area contributed by atoms with Gasteiger partial charge in [0.2, 0.25) is 11.8 Å².